The topological polar surface area (TPSA) is 52.6 Å². The Morgan fingerprint density at radius 1 is 0.514 bits per heavy atom. The van der Waals surface area contributed by atoms with Gasteiger partial charge in [-0.25, -0.2) is 9.59 Å². The third-order valence-electron chi connectivity index (χ3n) is 6.83. The molecule has 5 heteroatoms. The maximum Gasteiger partial charge on any atom is 0.338 e. The summed E-state index contributed by atoms with van der Waals surface area (Å²) in [6, 6.07) is 4.96. The third-order valence-corrected chi connectivity index (χ3v) is 7.29. The number of carbonyl (C=O) groups excluding carboxylic acids is 2. The number of unbranched alkanes of at least 4 members (excludes halogenated alkanes) is 18. The smallest absolute Gasteiger partial charge is 0.338 e. The second-order valence-electron chi connectivity index (χ2n) is 10.4. The maximum atomic E-state index is 12.5. The molecule has 0 aliphatic heterocycles. The van der Waals surface area contributed by atoms with Gasteiger partial charge in [-0.1, -0.05) is 145 Å². The van der Waals surface area contributed by atoms with E-state index in [9.17, 15) is 9.59 Å². The zero-order valence-corrected chi connectivity index (χ0v) is 25.4. The fraction of sp³-hybridized carbons (Fsp3) is 0.750. The van der Waals surface area contributed by atoms with E-state index >= 15 is 0 Å². The van der Waals surface area contributed by atoms with Gasteiger partial charge in [0.1, 0.15) is 0 Å². The van der Waals surface area contributed by atoms with E-state index in [-0.39, 0.29) is 11.9 Å². The molecule has 0 saturated carbocycles. The Balaban J connectivity index is 2.18. The number of hydrogen-bond donors (Lipinski definition) is 0. The fourth-order valence-corrected chi connectivity index (χ4v) is 4.99. The first-order chi connectivity index (χ1) is 18.1. The summed E-state index contributed by atoms with van der Waals surface area (Å²) >= 11 is 3.41. The number of carbonyl (C=O) groups is 2. The molecule has 4 nitrogen and oxygen atoms in total. The molecule has 0 atom stereocenters. The summed E-state index contributed by atoms with van der Waals surface area (Å²) in [5.41, 5.74) is 0.764. The Morgan fingerprint density at radius 3 is 1.14 bits per heavy atom. The summed E-state index contributed by atoms with van der Waals surface area (Å²) in [5.74, 6) is -0.776. The lowest BCUT2D eigenvalue weighted by atomic mass is 10.1. The molecule has 0 aliphatic carbocycles. The van der Waals surface area contributed by atoms with E-state index < -0.39 is 0 Å². The van der Waals surface area contributed by atoms with Crippen molar-refractivity contribution in [3.05, 3.63) is 33.8 Å². The second kappa shape index (κ2) is 23.7. The van der Waals surface area contributed by atoms with E-state index in [0.29, 0.717) is 28.8 Å². The van der Waals surface area contributed by atoms with Crippen LogP contribution in [-0.4, -0.2) is 25.2 Å². The van der Waals surface area contributed by atoms with Crippen molar-refractivity contribution in [2.45, 2.75) is 142 Å². The van der Waals surface area contributed by atoms with Gasteiger partial charge in [-0.05, 0) is 31.0 Å². The molecule has 0 aliphatic rings. The monoisotopic (exact) mass is 580 g/mol. The SMILES string of the molecule is CCCCCCCCCCCCOC(=O)c1cc(Br)cc(C(=O)OCCCCCCCCCCCC)c1. The quantitative estimate of drug-likeness (QED) is 0.0900. The molecule has 212 valence electrons. The minimum Gasteiger partial charge on any atom is -0.462 e. The summed E-state index contributed by atoms with van der Waals surface area (Å²) in [6.07, 6.45) is 24.8. The van der Waals surface area contributed by atoms with Crippen LogP contribution in [0.15, 0.2) is 22.7 Å². The van der Waals surface area contributed by atoms with Crippen molar-refractivity contribution >= 4 is 27.9 Å². The average molecular weight is 582 g/mol. The lowest BCUT2D eigenvalue weighted by Gasteiger charge is -2.09. The lowest BCUT2D eigenvalue weighted by Crippen LogP contribution is -2.10. The fourth-order valence-electron chi connectivity index (χ4n) is 4.50. The van der Waals surface area contributed by atoms with E-state index in [1.165, 1.54) is 103 Å². The number of esters is 2. The molecule has 0 aromatic heterocycles. The molecule has 0 amide bonds. The minimum absolute atomic E-state index is 0.382. The van der Waals surface area contributed by atoms with Gasteiger partial charge in [0, 0.05) is 4.47 Å². The molecule has 0 unspecified atom stereocenters. The van der Waals surface area contributed by atoms with Crippen LogP contribution in [-0.2, 0) is 9.47 Å². The predicted octanol–water partition coefficient (Wildman–Crippen LogP) is 10.6. The second-order valence-corrected chi connectivity index (χ2v) is 11.3. The molecule has 0 N–H and O–H groups in total. The molecule has 37 heavy (non-hydrogen) atoms. The number of halogens is 1. The van der Waals surface area contributed by atoms with Crippen LogP contribution < -0.4 is 0 Å². The standard InChI is InChI=1S/C32H53BrO4/c1-3-5-7-9-11-13-15-17-19-21-23-36-31(34)28-25-29(27-30(33)26-28)32(35)37-24-22-20-18-16-14-12-10-8-6-4-2/h25-27H,3-24H2,1-2H3. The third kappa shape index (κ3) is 18.5. The van der Waals surface area contributed by atoms with E-state index in [4.69, 9.17) is 9.47 Å². The Morgan fingerprint density at radius 2 is 0.811 bits per heavy atom. The van der Waals surface area contributed by atoms with Crippen LogP contribution in [0.3, 0.4) is 0 Å². The molecule has 1 aromatic carbocycles. The number of ether oxygens (including phenoxy) is 2. The highest BCUT2D eigenvalue weighted by Crippen LogP contribution is 2.19. The van der Waals surface area contributed by atoms with Gasteiger partial charge in [0.05, 0.1) is 24.3 Å². The summed E-state index contributed by atoms with van der Waals surface area (Å²) in [4.78, 5) is 25.0. The summed E-state index contributed by atoms with van der Waals surface area (Å²) < 4.78 is 11.6. The van der Waals surface area contributed by atoms with Gasteiger partial charge in [-0.15, -0.1) is 0 Å². The Kier molecular flexibility index (Phi) is 21.6. The highest BCUT2D eigenvalue weighted by Gasteiger charge is 2.14. The molecule has 0 bridgehead atoms. The first-order valence-electron chi connectivity index (χ1n) is 15.2. The normalized spacial score (nSPS) is 11.0. The number of rotatable bonds is 24. The molecule has 0 saturated heterocycles. The van der Waals surface area contributed by atoms with Crippen molar-refractivity contribution in [2.75, 3.05) is 13.2 Å². The van der Waals surface area contributed by atoms with Crippen LogP contribution in [0.2, 0.25) is 0 Å². The zero-order chi connectivity index (χ0) is 27.0. The predicted molar refractivity (Wildman–Crippen MR) is 158 cm³/mol. The zero-order valence-electron chi connectivity index (χ0n) is 23.8. The van der Waals surface area contributed by atoms with Gasteiger partial charge >= 0.3 is 11.9 Å². The average Bonchev–Trinajstić information content (AvgIpc) is 2.89. The summed E-state index contributed by atoms with van der Waals surface area (Å²) in [6.45, 7) is 5.33. The minimum atomic E-state index is -0.388. The highest BCUT2D eigenvalue weighted by molar-refractivity contribution is 9.10. The molecule has 1 rings (SSSR count). The molecule has 0 radical (unpaired) electrons. The van der Waals surface area contributed by atoms with Gasteiger partial charge in [-0.2, -0.15) is 0 Å². The van der Waals surface area contributed by atoms with E-state index in [1.807, 2.05) is 0 Å². The van der Waals surface area contributed by atoms with Gasteiger partial charge in [0.15, 0.2) is 0 Å². The van der Waals surface area contributed by atoms with Crippen LogP contribution in [0.25, 0.3) is 0 Å². The molecule has 0 heterocycles. The van der Waals surface area contributed by atoms with Crippen LogP contribution >= 0.6 is 15.9 Å². The van der Waals surface area contributed by atoms with Crippen molar-refractivity contribution in [3.8, 4) is 0 Å². The number of benzene rings is 1. The van der Waals surface area contributed by atoms with Crippen LogP contribution in [0, 0.1) is 0 Å². The van der Waals surface area contributed by atoms with Crippen LogP contribution in [0.1, 0.15) is 163 Å². The maximum absolute atomic E-state index is 12.5. The number of hydrogen-bond acceptors (Lipinski definition) is 4. The van der Waals surface area contributed by atoms with Crippen molar-refractivity contribution < 1.29 is 19.1 Å². The van der Waals surface area contributed by atoms with Gasteiger partial charge in [-0.3, -0.25) is 0 Å². The van der Waals surface area contributed by atoms with Crippen molar-refractivity contribution in [3.63, 3.8) is 0 Å². The van der Waals surface area contributed by atoms with Crippen molar-refractivity contribution in [2.24, 2.45) is 0 Å². The first-order valence-corrected chi connectivity index (χ1v) is 16.0. The van der Waals surface area contributed by atoms with E-state index in [0.717, 1.165) is 25.7 Å². The molecular weight excluding hydrogens is 528 g/mol. The Labute approximate surface area is 235 Å². The largest absolute Gasteiger partial charge is 0.462 e. The molecule has 1 aromatic rings. The van der Waals surface area contributed by atoms with Gasteiger partial charge in [0.25, 0.3) is 0 Å². The highest BCUT2D eigenvalue weighted by atomic mass is 79.9. The van der Waals surface area contributed by atoms with E-state index in [1.54, 1.807) is 18.2 Å². The molecular formula is C32H53BrO4. The Bertz CT molecular complexity index is 662. The molecule has 0 fully saturated rings. The van der Waals surface area contributed by atoms with Crippen LogP contribution in [0.5, 0.6) is 0 Å². The summed E-state index contributed by atoms with van der Waals surface area (Å²) in [5, 5.41) is 0. The van der Waals surface area contributed by atoms with E-state index in [2.05, 4.69) is 29.8 Å². The van der Waals surface area contributed by atoms with Gasteiger partial charge < -0.3 is 9.47 Å². The summed E-state index contributed by atoms with van der Waals surface area (Å²) in [7, 11) is 0. The Hall–Kier alpha value is -1.36. The first kappa shape index (κ1) is 33.7. The van der Waals surface area contributed by atoms with Crippen molar-refractivity contribution in [1.29, 1.82) is 0 Å². The van der Waals surface area contributed by atoms with Gasteiger partial charge in [0.2, 0.25) is 0 Å². The van der Waals surface area contributed by atoms with Crippen molar-refractivity contribution in [1.82, 2.24) is 0 Å². The van der Waals surface area contributed by atoms with Crippen LogP contribution in [0.4, 0.5) is 0 Å². The molecule has 0 spiro atoms. The lowest BCUT2D eigenvalue weighted by molar-refractivity contribution is 0.0496.